The Hall–Kier alpha value is -1.15. The van der Waals surface area contributed by atoms with Crippen LogP contribution < -0.4 is 0 Å². The highest BCUT2D eigenvalue weighted by molar-refractivity contribution is 5.36. The van der Waals surface area contributed by atoms with Crippen LogP contribution >= 0.6 is 0 Å². The molecule has 1 aromatic rings. The minimum absolute atomic E-state index is 0.236. The minimum atomic E-state index is -0.236. The smallest absolute Gasteiger partial charge is 0.0723 e. The fourth-order valence-electron chi connectivity index (χ4n) is 3.16. The predicted octanol–water partition coefficient (Wildman–Crippen LogP) is 2.97. The average molecular weight is 229 g/mol. The topological polar surface area (TPSA) is 33.1 Å². The first-order valence-electron chi connectivity index (χ1n) is 6.67. The van der Waals surface area contributed by atoms with E-state index >= 15 is 0 Å². The molecule has 1 N–H and O–H groups in total. The Morgan fingerprint density at radius 3 is 3.06 bits per heavy atom. The van der Waals surface area contributed by atoms with Crippen molar-refractivity contribution >= 4 is 0 Å². The lowest BCUT2D eigenvalue weighted by Crippen LogP contribution is -2.05. The highest BCUT2D eigenvalue weighted by atomic mass is 16.3. The van der Waals surface area contributed by atoms with Gasteiger partial charge in [-0.2, -0.15) is 0 Å². The van der Waals surface area contributed by atoms with Crippen molar-refractivity contribution < 1.29 is 5.11 Å². The average Bonchev–Trinajstić information content (AvgIpc) is 2.66. The van der Waals surface area contributed by atoms with Gasteiger partial charge in [0.05, 0.1) is 11.8 Å². The van der Waals surface area contributed by atoms with E-state index in [1.165, 1.54) is 29.7 Å². The Balaban J connectivity index is 1.90. The summed E-state index contributed by atoms with van der Waals surface area (Å²) in [4.78, 5) is 4.55. The van der Waals surface area contributed by atoms with Gasteiger partial charge in [-0.25, -0.2) is 0 Å². The summed E-state index contributed by atoms with van der Waals surface area (Å²) in [5, 5.41) is 9.87. The van der Waals surface area contributed by atoms with Gasteiger partial charge in [0, 0.05) is 12.1 Å². The zero-order chi connectivity index (χ0) is 11.7. The summed E-state index contributed by atoms with van der Waals surface area (Å²) in [5.74, 6) is 0.471. The molecule has 0 radical (unpaired) electrons. The molecule has 3 rings (SSSR count). The largest absolute Gasteiger partial charge is 0.389 e. The van der Waals surface area contributed by atoms with Gasteiger partial charge in [-0.3, -0.25) is 4.98 Å². The molecule has 1 aromatic heterocycles. The van der Waals surface area contributed by atoms with Crippen molar-refractivity contribution in [3.05, 3.63) is 41.2 Å². The zero-order valence-electron chi connectivity index (χ0n) is 10.1. The van der Waals surface area contributed by atoms with Crippen LogP contribution in [0.2, 0.25) is 0 Å². The molecule has 2 nitrogen and oxygen atoms in total. The molecular weight excluding hydrogens is 210 g/mol. The van der Waals surface area contributed by atoms with E-state index in [4.69, 9.17) is 0 Å². The summed E-state index contributed by atoms with van der Waals surface area (Å²) in [5.41, 5.74) is 4.08. The quantitative estimate of drug-likeness (QED) is 0.751. The molecule has 0 spiro atoms. The second-order valence-electron chi connectivity index (χ2n) is 5.19. The number of nitrogens with zero attached hydrogens (tertiary/aromatic N) is 1. The Bertz CT molecular complexity index is 438. The molecular formula is C15H19NO. The molecule has 2 aliphatic rings. The van der Waals surface area contributed by atoms with Crippen molar-refractivity contribution in [3.63, 3.8) is 0 Å². The van der Waals surface area contributed by atoms with E-state index in [0.29, 0.717) is 5.92 Å². The lowest BCUT2D eigenvalue weighted by atomic mass is 9.92. The summed E-state index contributed by atoms with van der Waals surface area (Å²) < 4.78 is 0. The van der Waals surface area contributed by atoms with Crippen molar-refractivity contribution in [2.24, 2.45) is 0 Å². The van der Waals surface area contributed by atoms with Gasteiger partial charge in [-0.05, 0) is 43.7 Å². The van der Waals surface area contributed by atoms with Gasteiger partial charge in [0.25, 0.3) is 0 Å². The zero-order valence-corrected chi connectivity index (χ0v) is 10.1. The molecule has 2 aliphatic carbocycles. The summed E-state index contributed by atoms with van der Waals surface area (Å²) in [6, 6.07) is 4.22. The van der Waals surface area contributed by atoms with Gasteiger partial charge in [-0.15, -0.1) is 0 Å². The van der Waals surface area contributed by atoms with E-state index in [-0.39, 0.29) is 6.10 Å². The van der Waals surface area contributed by atoms with Crippen LogP contribution in [0.5, 0.6) is 0 Å². The molecule has 2 unspecified atom stereocenters. The Kier molecular flexibility index (Phi) is 2.98. The van der Waals surface area contributed by atoms with Gasteiger partial charge in [0.1, 0.15) is 0 Å². The number of aliphatic hydroxyl groups excluding tert-OH is 1. The Labute approximate surface area is 102 Å². The van der Waals surface area contributed by atoms with Crippen molar-refractivity contribution in [2.45, 2.75) is 50.5 Å². The van der Waals surface area contributed by atoms with Crippen LogP contribution in [0.1, 0.15) is 49.3 Å². The van der Waals surface area contributed by atoms with Crippen LogP contribution in [-0.4, -0.2) is 16.2 Å². The molecule has 0 aliphatic heterocycles. The molecule has 0 amide bonds. The summed E-state index contributed by atoms with van der Waals surface area (Å²) in [6.07, 6.45) is 10.5. The van der Waals surface area contributed by atoms with E-state index in [1.54, 1.807) is 0 Å². The predicted molar refractivity (Wildman–Crippen MR) is 67.9 cm³/mol. The molecule has 2 heteroatoms. The second-order valence-corrected chi connectivity index (χ2v) is 5.19. The fraction of sp³-hybridized carbons (Fsp3) is 0.533. The van der Waals surface area contributed by atoms with E-state index in [0.717, 1.165) is 25.7 Å². The minimum Gasteiger partial charge on any atom is -0.389 e. The van der Waals surface area contributed by atoms with Crippen LogP contribution in [0.3, 0.4) is 0 Å². The molecule has 17 heavy (non-hydrogen) atoms. The van der Waals surface area contributed by atoms with Crippen LogP contribution in [0.15, 0.2) is 30.0 Å². The van der Waals surface area contributed by atoms with Crippen LogP contribution in [0.4, 0.5) is 0 Å². The third-order valence-electron chi connectivity index (χ3n) is 4.03. The maximum absolute atomic E-state index is 9.87. The molecule has 1 heterocycles. The van der Waals surface area contributed by atoms with Crippen molar-refractivity contribution in [1.82, 2.24) is 4.98 Å². The van der Waals surface area contributed by atoms with Gasteiger partial charge < -0.3 is 5.11 Å². The highest BCUT2D eigenvalue weighted by Crippen LogP contribution is 2.39. The monoisotopic (exact) mass is 229 g/mol. The number of allylic oxidation sites excluding steroid dienone is 1. The Morgan fingerprint density at radius 2 is 2.12 bits per heavy atom. The number of fused-ring (bicyclic) bond motifs is 1. The van der Waals surface area contributed by atoms with Gasteiger partial charge in [-0.1, -0.05) is 24.1 Å². The third kappa shape index (κ3) is 2.14. The standard InChI is InChI=1S/C15H19NO/c17-13-6-2-1-4-12(10-13)14-8-7-11-5-3-9-16-15(11)14/h3,5,9-10,13-14,17H,1-2,4,6-8H2. The summed E-state index contributed by atoms with van der Waals surface area (Å²) in [7, 11) is 0. The van der Waals surface area contributed by atoms with E-state index in [1.807, 2.05) is 12.3 Å². The van der Waals surface area contributed by atoms with E-state index in [9.17, 15) is 5.11 Å². The summed E-state index contributed by atoms with van der Waals surface area (Å²) >= 11 is 0. The fourth-order valence-corrected chi connectivity index (χ4v) is 3.16. The summed E-state index contributed by atoms with van der Waals surface area (Å²) in [6.45, 7) is 0. The normalized spacial score (nSPS) is 28.4. The van der Waals surface area contributed by atoms with Gasteiger partial charge >= 0.3 is 0 Å². The Morgan fingerprint density at radius 1 is 1.18 bits per heavy atom. The van der Waals surface area contributed by atoms with Crippen LogP contribution in [0, 0.1) is 0 Å². The number of hydrogen-bond donors (Lipinski definition) is 1. The molecule has 0 saturated carbocycles. The van der Waals surface area contributed by atoms with E-state index < -0.39 is 0 Å². The SMILES string of the molecule is OC1C=C(C2CCc3cccnc32)CCCC1. The molecule has 0 aromatic carbocycles. The number of rotatable bonds is 1. The lowest BCUT2D eigenvalue weighted by Gasteiger charge is -2.15. The van der Waals surface area contributed by atoms with Crippen LogP contribution in [0.25, 0.3) is 0 Å². The molecule has 0 saturated heterocycles. The first-order valence-corrected chi connectivity index (χ1v) is 6.67. The molecule has 2 atom stereocenters. The van der Waals surface area contributed by atoms with Crippen molar-refractivity contribution in [3.8, 4) is 0 Å². The number of aromatic nitrogens is 1. The molecule has 90 valence electrons. The van der Waals surface area contributed by atoms with Gasteiger partial charge in [0.15, 0.2) is 0 Å². The number of hydrogen-bond acceptors (Lipinski definition) is 2. The number of aliphatic hydroxyl groups is 1. The second kappa shape index (κ2) is 4.61. The maximum atomic E-state index is 9.87. The van der Waals surface area contributed by atoms with Crippen molar-refractivity contribution in [2.75, 3.05) is 0 Å². The third-order valence-corrected chi connectivity index (χ3v) is 4.03. The maximum Gasteiger partial charge on any atom is 0.0723 e. The number of aryl methyl sites for hydroxylation is 1. The van der Waals surface area contributed by atoms with Crippen LogP contribution in [-0.2, 0) is 6.42 Å². The highest BCUT2D eigenvalue weighted by Gasteiger charge is 2.27. The number of pyridine rings is 1. The van der Waals surface area contributed by atoms with Gasteiger partial charge in [0.2, 0.25) is 0 Å². The first kappa shape index (κ1) is 11.0. The first-order chi connectivity index (χ1) is 8.34. The van der Waals surface area contributed by atoms with Crippen molar-refractivity contribution in [1.29, 1.82) is 0 Å². The molecule has 0 fully saturated rings. The lowest BCUT2D eigenvalue weighted by molar-refractivity contribution is 0.210. The van der Waals surface area contributed by atoms with E-state index in [2.05, 4.69) is 17.1 Å². The molecule has 0 bridgehead atoms.